The predicted octanol–water partition coefficient (Wildman–Crippen LogP) is 5.83. The van der Waals surface area contributed by atoms with E-state index in [2.05, 4.69) is 60.4 Å². The first kappa shape index (κ1) is 17.2. The molecule has 5 aromatic rings. The fourth-order valence-electron chi connectivity index (χ4n) is 3.46. The first-order valence-corrected chi connectivity index (χ1v) is 9.43. The number of rotatable bonds is 3. The van der Waals surface area contributed by atoms with Gasteiger partial charge in [-0.1, -0.05) is 60.2 Å². The molecule has 4 nitrogen and oxygen atoms in total. The number of aromatic nitrogens is 2. The van der Waals surface area contributed by atoms with Crippen LogP contribution in [0, 0.1) is 6.92 Å². The summed E-state index contributed by atoms with van der Waals surface area (Å²) in [5.74, 6) is -0.455. The fraction of sp³-hybridized carbons (Fsp3) is 0.0400. The largest absolute Gasteiger partial charge is 0.417 e. The summed E-state index contributed by atoms with van der Waals surface area (Å²) in [6, 6.07) is 28.4. The number of nitrogens with zero attached hydrogens (tertiary/aromatic N) is 1. The van der Waals surface area contributed by atoms with E-state index in [0.717, 1.165) is 33.6 Å². The molecule has 0 aliphatic heterocycles. The van der Waals surface area contributed by atoms with Gasteiger partial charge >= 0.3 is 5.76 Å². The molecule has 0 amide bonds. The van der Waals surface area contributed by atoms with Gasteiger partial charge in [-0.15, -0.1) is 0 Å². The minimum absolute atomic E-state index is 0.455. The third kappa shape index (κ3) is 3.36. The van der Waals surface area contributed by atoms with Gasteiger partial charge in [0, 0.05) is 11.1 Å². The van der Waals surface area contributed by atoms with Crippen LogP contribution in [0.1, 0.15) is 5.56 Å². The number of oxazole rings is 1. The number of nitrogens with one attached hydrogen (secondary N) is 1. The van der Waals surface area contributed by atoms with E-state index >= 15 is 0 Å². The molecule has 2 heterocycles. The normalized spacial score (nSPS) is 11.1. The number of benzene rings is 3. The number of hydrogen-bond donors (Lipinski definition) is 1. The molecule has 1 N–H and O–H groups in total. The Labute approximate surface area is 167 Å². The third-order valence-electron chi connectivity index (χ3n) is 4.99. The van der Waals surface area contributed by atoms with Crippen molar-refractivity contribution >= 4 is 11.1 Å². The molecule has 0 bridgehead atoms. The number of pyridine rings is 1. The van der Waals surface area contributed by atoms with Crippen molar-refractivity contribution in [3.63, 3.8) is 0 Å². The van der Waals surface area contributed by atoms with Crippen LogP contribution in [0.3, 0.4) is 0 Å². The smallest absolute Gasteiger partial charge is 0.408 e. The molecule has 0 spiro atoms. The highest BCUT2D eigenvalue weighted by molar-refractivity contribution is 5.82. The molecule has 29 heavy (non-hydrogen) atoms. The van der Waals surface area contributed by atoms with E-state index < -0.39 is 5.76 Å². The van der Waals surface area contributed by atoms with Crippen molar-refractivity contribution in [2.24, 2.45) is 0 Å². The lowest BCUT2D eigenvalue weighted by Crippen LogP contribution is -1.93. The molecule has 140 valence electrons. The van der Waals surface area contributed by atoms with Crippen LogP contribution in [-0.4, -0.2) is 9.97 Å². The maximum Gasteiger partial charge on any atom is 0.417 e. The maximum absolute atomic E-state index is 11.5. The molecule has 0 unspecified atom stereocenters. The number of hydrogen-bond acceptors (Lipinski definition) is 3. The van der Waals surface area contributed by atoms with E-state index in [1.54, 1.807) is 6.07 Å². The van der Waals surface area contributed by atoms with E-state index in [1.165, 1.54) is 5.56 Å². The second kappa shape index (κ2) is 6.91. The molecule has 0 atom stereocenters. The summed E-state index contributed by atoms with van der Waals surface area (Å²) in [6.45, 7) is 2.08. The summed E-state index contributed by atoms with van der Waals surface area (Å²) < 4.78 is 5.12. The van der Waals surface area contributed by atoms with Crippen LogP contribution in [0.4, 0.5) is 0 Å². The monoisotopic (exact) mass is 378 g/mol. The van der Waals surface area contributed by atoms with Crippen LogP contribution in [0.2, 0.25) is 0 Å². The van der Waals surface area contributed by atoms with Gasteiger partial charge < -0.3 is 4.42 Å². The maximum atomic E-state index is 11.5. The van der Waals surface area contributed by atoms with Crippen LogP contribution >= 0.6 is 0 Å². The lowest BCUT2D eigenvalue weighted by Gasteiger charge is -2.10. The molecule has 2 aromatic heterocycles. The summed E-state index contributed by atoms with van der Waals surface area (Å²) in [5.41, 5.74) is 8.36. The second-order valence-corrected chi connectivity index (χ2v) is 7.08. The molecule has 0 saturated heterocycles. The quantitative estimate of drug-likeness (QED) is 0.430. The molecule has 0 saturated carbocycles. The molecular formula is C25H18N2O2. The summed E-state index contributed by atoms with van der Waals surface area (Å²) in [5, 5.41) is 0. The van der Waals surface area contributed by atoms with Crippen molar-refractivity contribution < 1.29 is 4.42 Å². The van der Waals surface area contributed by atoms with Crippen molar-refractivity contribution in [1.29, 1.82) is 0 Å². The highest BCUT2D eigenvalue weighted by Gasteiger charge is 2.10. The Morgan fingerprint density at radius 2 is 1.41 bits per heavy atom. The SMILES string of the molecule is Cc1ccc(-c2cc(-c3ccccc3)nc(-c3ccc4oc(=O)[nH]c4c3)c2)cc1. The van der Waals surface area contributed by atoms with Crippen LogP contribution < -0.4 is 5.76 Å². The van der Waals surface area contributed by atoms with Gasteiger partial charge in [0.2, 0.25) is 0 Å². The van der Waals surface area contributed by atoms with Crippen LogP contribution in [0.15, 0.2) is 94.1 Å². The lowest BCUT2D eigenvalue weighted by molar-refractivity contribution is 0.555. The Balaban J connectivity index is 1.71. The summed E-state index contributed by atoms with van der Waals surface area (Å²) in [7, 11) is 0. The van der Waals surface area contributed by atoms with Crippen LogP contribution in [0.25, 0.3) is 44.7 Å². The second-order valence-electron chi connectivity index (χ2n) is 7.08. The van der Waals surface area contributed by atoms with Crippen LogP contribution in [0.5, 0.6) is 0 Å². The fourth-order valence-corrected chi connectivity index (χ4v) is 3.46. The molecule has 5 rings (SSSR count). The molecule has 0 radical (unpaired) electrons. The first-order chi connectivity index (χ1) is 14.2. The van der Waals surface area contributed by atoms with E-state index in [9.17, 15) is 4.79 Å². The Bertz CT molecular complexity index is 1360. The van der Waals surface area contributed by atoms with E-state index in [4.69, 9.17) is 9.40 Å². The molecule has 0 fully saturated rings. The molecule has 4 heteroatoms. The highest BCUT2D eigenvalue weighted by Crippen LogP contribution is 2.31. The van der Waals surface area contributed by atoms with Crippen LogP contribution in [-0.2, 0) is 0 Å². The van der Waals surface area contributed by atoms with Gasteiger partial charge in [0.15, 0.2) is 5.58 Å². The Morgan fingerprint density at radius 1 is 0.724 bits per heavy atom. The molecule has 0 aliphatic carbocycles. The van der Waals surface area contributed by atoms with E-state index in [0.29, 0.717) is 11.1 Å². The Kier molecular flexibility index (Phi) is 4.10. The minimum Gasteiger partial charge on any atom is -0.408 e. The predicted molar refractivity (Wildman–Crippen MR) is 116 cm³/mol. The highest BCUT2D eigenvalue weighted by atomic mass is 16.4. The standard InChI is InChI=1S/C25H18N2O2/c1-16-7-9-17(10-8-16)20-14-21(18-5-3-2-4-6-18)26-22(15-20)19-11-12-24-23(13-19)27-25(28)29-24/h2-15H,1H3,(H,27,28). The first-order valence-electron chi connectivity index (χ1n) is 9.43. The van der Waals surface area contributed by atoms with Gasteiger partial charge in [-0.2, -0.15) is 0 Å². The zero-order valence-electron chi connectivity index (χ0n) is 15.8. The van der Waals surface area contributed by atoms with Crippen molar-refractivity contribution in [3.05, 3.63) is 101 Å². The topological polar surface area (TPSA) is 58.9 Å². The van der Waals surface area contributed by atoms with Gasteiger partial charge in [-0.3, -0.25) is 4.98 Å². The average Bonchev–Trinajstić information content (AvgIpc) is 3.14. The molecule has 0 aliphatic rings. The Morgan fingerprint density at radius 3 is 2.17 bits per heavy atom. The van der Waals surface area contributed by atoms with Gasteiger partial charge in [0.25, 0.3) is 0 Å². The number of H-pyrrole nitrogens is 1. The summed E-state index contributed by atoms with van der Waals surface area (Å²) >= 11 is 0. The number of fused-ring (bicyclic) bond motifs is 1. The summed E-state index contributed by atoms with van der Waals surface area (Å²) in [4.78, 5) is 19.1. The van der Waals surface area contributed by atoms with Gasteiger partial charge in [-0.05, 0) is 48.4 Å². The molecule has 3 aromatic carbocycles. The lowest BCUT2D eigenvalue weighted by atomic mass is 9.99. The van der Waals surface area contributed by atoms with Crippen molar-refractivity contribution in [2.75, 3.05) is 0 Å². The van der Waals surface area contributed by atoms with Crippen molar-refractivity contribution in [3.8, 4) is 33.6 Å². The molecular weight excluding hydrogens is 360 g/mol. The summed E-state index contributed by atoms with van der Waals surface area (Å²) in [6.07, 6.45) is 0. The average molecular weight is 378 g/mol. The number of aryl methyl sites for hydroxylation is 1. The van der Waals surface area contributed by atoms with E-state index in [1.807, 2.05) is 30.3 Å². The van der Waals surface area contributed by atoms with Gasteiger partial charge in [0.05, 0.1) is 16.9 Å². The van der Waals surface area contributed by atoms with E-state index in [-0.39, 0.29) is 0 Å². The minimum atomic E-state index is -0.455. The third-order valence-corrected chi connectivity index (χ3v) is 4.99. The van der Waals surface area contributed by atoms with Crippen molar-refractivity contribution in [2.45, 2.75) is 6.92 Å². The zero-order valence-corrected chi connectivity index (χ0v) is 15.8. The zero-order chi connectivity index (χ0) is 19.8. The Hall–Kier alpha value is -3.92. The van der Waals surface area contributed by atoms with Gasteiger partial charge in [0.1, 0.15) is 0 Å². The van der Waals surface area contributed by atoms with Gasteiger partial charge in [-0.25, -0.2) is 9.78 Å². The number of aromatic amines is 1. The van der Waals surface area contributed by atoms with Crippen molar-refractivity contribution in [1.82, 2.24) is 9.97 Å².